The molecule has 1 amide bonds. The molecule has 5 heteroatoms. The molecular formula is C16H20Cl2N2O. The number of halogens is 2. The van der Waals surface area contributed by atoms with Gasteiger partial charge in [0.2, 0.25) is 0 Å². The number of hydrogen-bond acceptors (Lipinski definition) is 2. The van der Waals surface area contributed by atoms with Crippen LogP contribution in [0.4, 0.5) is 0 Å². The van der Waals surface area contributed by atoms with Gasteiger partial charge in [-0.05, 0) is 43.9 Å². The van der Waals surface area contributed by atoms with Crippen LogP contribution in [0.15, 0.2) is 18.2 Å². The Morgan fingerprint density at radius 1 is 1.29 bits per heavy atom. The quantitative estimate of drug-likeness (QED) is 0.916. The third kappa shape index (κ3) is 3.20. The van der Waals surface area contributed by atoms with Crippen LogP contribution in [0.3, 0.4) is 0 Å². The Bertz CT molecular complexity index is 525. The number of rotatable bonds is 4. The van der Waals surface area contributed by atoms with E-state index in [0.29, 0.717) is 21.5 Å². The molecule has 1 atom stereocenters. The number of hydrogen-bond donors (Lipinski definition) is 1. The molecule has 1 N–H and O–H groups in total. The molecule has 1 saturated carbocycles. The van der Waals surface area contributed by atoms with E-state index in [2.05, 4.69) is 5.32 Å². The Kier molecular flexibility index (Phi) is 4.72. The second-order valence-electron chi connectivity index (χ2n) is 6.00. The highest BCUT2D eigenvalue weighted by Gasteiger charge is 2.32. The first-order valence-electron chi connectivity index (χ1n) is 7.62. The topological polar surface area (TPSA) is 32.3 Å². The summed E-state index contributed by atoms with van der Waals surface area (Å²) in [5.74, 6) is 0.663. The van der Waals surface area contributed by atoms with Crippen molar-refractivity contribution < 1.29 is 4.79 Å². The maximum atomic E-state index is 12.9. The summed E-state index contributed by atoms with van der Waals surface area (Å²) >= 11 is 12.3. The SMILES string of the molecule is O=C(c1cccc(Cl)c1Cl)N(CC1CCC1)C1CCNC1. The van der Waals surface area contributed by atoms with E-state index in [1.807, 2.05) is 4.90 Å². The standard InChI is InChI=1S/C16H20Cl2N2O/c17-14-6-2-5-13(15(14)18)16(21)20(10-11-3-1-4-11)12-7-8-19-9-12/h2,5-6,11-12,19H,1,3-4,7-10H2. The highest BCUT2D eigenvalue weighted by atomic mass is 35.5. The molecule has 0 radical (unpaired) electrons. The maximum Gasteiger partial charge on any atom is 0.255 e. The van der Waals surface area contributed by atoms with Gasteiger partial charge in [-0.1, -0.05) is 35.7 Å². The molecular weight excluding hydrogens is 307 g/mol. The lowest BCUT2D eigenvalue weighted by molar-refractivity contribution is 0.0616. The lowest BCUT2D eigenvalue weighted by Crippen LogP contribution is -2.45. The van der Waals surface area contributed by atoms with E-state index in [-0.39, 0.29) is 11.9 Å². The van der Waals surface area contributed by atoms with Crippen LogP contribution in [-0.4, -0.2) is 36.5 Å². The first-order valence-corrected chi connectivity index (χ1v) is 8.38. The molecule has 3 rings (SSSR count). The van der Waals surface area contributed by atoms with Crippen LogP contribution in [-0.2, 0) is 0 Å². The van der Waals surface area contributed by atoms with E-state index in [1.165, 1.54) is 19.3 Å². The summed E-state index contributed by atoms with van der Waals surface area (Å²) in [5, 5.41) is 4.15. The van der Waals surface area contributed by atoms with Crippen molar-refractivity contribution in [3.63, 3.8) is 0 Å². The summed E-state index contributed by atoms with van der Waals surface area (Å²) in [4.78, 5) is 15.0. The van der Waals surface area contributed by atoms with Crippen molar-refractivity contribution >= 4 is 29.1 Å². The highest BCUT2D eigenvalue weighted by Crippen LogP contribution is 2.31. The van der Waals surface area contributed by atoms with Gasteiger partial charge in [0.25, 0.3) is 5.91 Å². The summed E-state index contributed by atoms with van der Waals surface area (Å²) in [6.45, 7) is 2.69. The number of nitrogens with one attached hydrogen (secondary N) is 1. The van der Waals surface area contributed by atoms with Gasteiger partial charge in [-0.2, -0.15) is 0 Å². The van der Waals surface area contributed by atoms with Crippen molar-refractivity contribution in [2.24, 2.45) is 5.92 Å². The molecule has 3 nitrogen and oxygen atoms in total. The van der Waals surface area contributed by atoms with Crippen LogP contribution >= 0.6 is 23.2 Å². The molecule has 1 aromatic rings. The Balaban J connectivity index is 1.83. The molecule has 1 aromatic carbocycles. The van der Waals surface area contributed by atoms with Crippen LogP contribution in [0.2, 0.25) is 10.0 Å². The van der Waals surface area contributed by atoms with Crippen molar-refractivity contribution in [1.29, 1.82) is 0 Å². The average Bonchev–Trinajstić information content (AvgIpc) is 2.94. The molecule has 0 aromatic heterocycles. The number of carbonyl (C=O) groups excluding carboxylic acids is 1. The molecule has 114 valence electrons. The maximum absolute atomic E-state index is 12.9. The number of amides is 1. The number of carbonyl (C=O) groups is 1. The van der Waals surface area contributed by atoms with Crippen molar-refractivity contribution in [1.82, 2.24) is 10.2 Å². The van der Waals surface area contributed by atoms with Crippen LogP contribution in [0.25, 0.3) is 0 Å². The monoisotopic (exact) mass is 326 g/mol. The molecule has 1 aliphatic carbocycles. The Morgan fingerprint density at radius 3 is 2.71 bits per heavy atom. The van der Waals surface area contributed by atoms with Crippen molar-refractivity contribution in [2.75, 3.05) is 19.6 Å². The number of benzene rings is 1. The van der Waals surface area contributed by atoms with Gasteiger partial charge in [0.1, 0.15) is 0 Å². The summed E-state index contributed by atoms with van der Waals surface area (Å²) in [7, 11) is 0. The Hall–Kier alpha value is -0.770. The van der Waals surface area contributed by atoms with Crippen molar-refractivity contribution in [3.05, 3.63) is 33.8 Å². The summed E-state index contributed by atoms with van der Waals surface area (Å²) in [6, 6.07) is 5.55. The zero-order valence-electron chi connectivity index (χ0n) is 11.9. The molecule has 0 spiro atoms. The predicted molar refractivity (Wildman–Crippen MR) is 86.1 cm³/mol. The van der Waals surface area contributed by atoms with Gasteiger partial charge < -0.3 is 10.2 Å². The zero-order valence-corrected chi connectivity index (χ0v) is 13.5. The fourth-order valence-electron chi connectivity index (χ4n) is 3.08. The Labute approximate surface area is 135 Å². The van der Waals surface area contributed by atoms with E-state index in [4.69, 9.17) is 23.2 Å². The fraction of sp³-hybridized carbons (Fsp3) is 0.562. The lowest BCUT2D eigenvalue weighted by atomic mass is 9.84. The average molecular weight is 327 g/mol. The van der Waals surface area contributed by atoms with Crippen LogP contribution in [0.1, 0.15) is 36.0 Å². The summed E-state index contributed by atoms with van der Waals surface area (Å²) in [6.07, 6.45) is 4.75. The molecule has 1 heterocycles. The third-order valence-corrected chi connectivity index (χ3v) is 5.42. The largest absolute Gasteiger partial charge is 0.334 e. The van der Waals surface area contributed by atoms with Gasteiger partial charge in [0.15, 0.2) is 0 Å². The summed E-state index contributed by atoms with van der Waals surface area (Å²) in [5.41, 5.74) is 0.524. The highest BCUT2D eigenvalue weighted by molar-refractivity contribution is 6.43. The number of nitrogens with zero attached hydrogens (tertiary/aromatic N) is 1. The molecule has 2 fully saturated rings. The third-order valence-electron chi connectivity index (χ3n) is 4.60. The molecule has 1 unspecified atom stereocenters. The van der Waals surface area contributed by atoms with E-state index in [1.54, 1.807) is 18.2 Å². The van der Waals surface area contributed by atoms with Gasteiger partial charge in [-0.15, -0.1) is 0 Å². The van der Waals surface area contributed by atoms with E-state index in [0.717, 1.165) is 26.1 Å². The molecule has 1 saturated heterocycles. The van der Waals surface area contributed by atoms with Crippen LogP contribution in [0.5, 0.6) is 0 Å². The molecule has 0 bridgehead atoms. The van der Waals surface area contributed by atoms with Crippen molar-refractivity contribution in [3.8, 4) is 0 Å². The second-order valence-corrected chi connectivity index (χ2v) is 6.79. The van der Waals surface area contributed by atoms with Gasteiger partial charge >= 0.3 is 0 Å². The van der Waals surface area contributed by atoms with E-state index in [9.17, 15) is 4.79 Å². The minimum Gasteiger partial charge on any atom is -0.334 e. The first kappa shape index (κ1) is 15.1. The van der Waals surface area contributed by atoms with Crippen LogP contribution < -0.4 is 5.32 Å². The van der Waals surface area contributed by atoms with Crippen LogP contribution in [0, 0.1) is 5.92 Å². The predicted octanol–water partition coefficient (Wildman–Crippen LogP) is 3.60. The molecule has 1 aliphatic heterocycles. The molecule has 2 aliphatic rings. The van der Waals surface area contributed by atoms with Crippen molar-refractivity contribution in [2.45, 2.75) is 31.7 Å². The summed E-state index contributed by atoms with van der Waals surface area (Å²) < 4.78 is 0. The van der Waals surface area contributed by atoms with E-state index >= 15 is 0 Å². The zero-order chi connectivity index (χ0) is 14.8. The smallest absolute Gasteiger partial charge is 0.255 e. The minimum atomic E-state index is 0.0168. The van der Waals surface area contributed by atoms with Gasteiger partial charge in [-0.25, -0.2) is 0 Å². The second kappa shape index (κ2) is 6.55. The minimum absolute atomic E-state index is 0.0168. The lowest BCUT2D eigenvalue weighted by Gasteiger charge is -2.36. The first-order chi connectivity index (χ1) is 10.2. The Morgan fingerprint density at radius 2 is 2.10 bits per heavy atom. The van der Waals surface area contributed by atoms with Gasteiger partial charge in [0, 0.05) is 19.1 Å². The molecule has 21 heavy (non-hydrogen) atoms. The normalized spacial score (nSPS) is 22.1. The van der Waals surface area contributed by atoms with E-state index < -0.39 is 0 Å². The van der Waals surface area contributed by atoms with Gasteiger partial charge in [0.05, 0.1) is 15.6 Å². The van der Waals surface area contributed by atoms with Gasteiger partial charge in [-0.3, -0.25) is 4.79 Å². The fourth-order valence-corrected chi connectivity index (χ4v) is 3.46.